The molecule has 0 aliphatic rings. The third-order valence-electron chi connectivity index (χ3n) is 2.95. The normalized spacial score (nSPS) is 12.1. The molecular weight excluding hydrogens is 242 g/mol. The third kappa shape index (κ3) is 6.10. The van der Waals surface area contributed by atoms with E-state index in [0.717, 1.165) is 43.7 Å². The average Bonchev–Trinajstić information content (AvgIpc) is 2.38. The van der Waals surface area contributed by atoms with Crippen molar-refractivity contribution in [1.29, 1.82) is 0 Å². The largest absolute Gasteiger partial charge is 0.314 e. The van der Waals surface area contributed by atoms with Crippen LogP contribution in [-0.2, 0) is 6.42 Å². The Morgan fingerprint density at radius 1 is 1.33 bits per heavy atom. The lowest BCUT2D eigenvalue weighted by atomic mass is 10.0. The molecule has 1 rings (SSSR count). The Balaban J connectivity index is 2.48. The standard InChI is InChI=1S/C16H22ClN/c1-3-5-6-7-16(18-12-4-2)13-14-8-10-15(17)11-9-14/h1,8-11,16,18H,4-7,12-13H2,2H3. The summed E-state index contributed by atoms with van der Waals surface area (Å²) in [6, 6.07) is 8.62. The molecule has 1 unspecified atom stereocenters. The molecule has 2 heteroatoms. The van der Waals surface area contributed by atoms with Gasteiger partial charge in [0.2, 0.25) is 0 Å². The Kier molecular flexibility index (Phi) is 7.57. The molecule has 98 valence electrons. The van der Waals surface area contributed by atoms with Crippen LogP contribution in [0.2, 0.25) is 5.02 Å². The molecule has 0 aliphatic carbocycles. The first-order chi connectivity index (χ1) is 8.76. The van der Waals surface area contributed by atoms with Gasteiger partial charge in [-0.15, -0.1) is 12.3 Å². The van der Waals surface area contributed by atoms with Gasteiger partial charge in [-0.2, -0.15) is 0 Å². The van der Waals surface area contributed by atoms with Crippen LogP contribution in [0, 0.1) is 12.3 Å². The van der Waals surface area contributed by atoms with Gasteiger partial charge in [0.1, 0.15) is 0 Å². The Morgan fingerprint density at radius 3 is 2.67 bits per heavy atom. The van der Waals surface area contributed by atoms with Gasteiger partial charge in [-0.05, 0) is 49.9 Å². The van der Waals surface area contributed by atoms with Gasteiger partial charge in [-0.1, -0.05) is 30.7 Å². The van der Waals surface area contributed by atoms with Gasteiger partial charge in [0.05, 0.1) is 0 Å². The summed E-state index contributed by atoms with van der Waals surface area (Å²) in [4.78, 5) is 0. The predicted molar refractivity (Wildman–Crippen MR) is 79.9 cm³/mol. The maximum Gasteiger partial charge on any atom is 0.0406 e. The molecule has 0 saturated heterocycles. The second-order valence-electron chi connectivity index (χ2n) is 4.58. The van der Waals surface area contributed by atoms with Crippen molar-refractivity contribution >= 4 is 11.6 Å². The number of unbranched alkanes of at least 4 members (excludes halogenated alkanes) is 1. The molecule has 0 amide bonds. The van der Waals surface area contributed by atoms with Crippen molar-refractivity contribution in [3.05, 3.63) is 34.9 Å². The lowest BCUT2D eigenvalue weighted by Gasteiger charge is -2.18. The molecule has 0 spiro atoms. The van der Waals surface area contributed by atoms with Crippen LogP contribution in [-0.4, -0.2) is 12.6 Å². The van der Waals surface area contributed by atoms with Crippen molar-refractivity contribution in [2.45, 2.75) is 45.1 Å². The summed E-state index contributed by atoms with van der Waals surface area (Å²) in [5, 5.41) is 4.39. The lowest BCUT2D eigenvalue weighted by molar-refractivity contribution is 0.467. The first kappa shape index (κ1) is 15.1. The molecule has 1 aromatic carbocycles. The fourth-order valence-electron chi connectivity index (χ4n) is 1.98. The van der Waals surface area contributed by atoms with E-state index in [2.05, 4.69) is 30.3 Å². The molecule has 18 heavy (non-hydrogen) atoms. The van der Waals surface area contributed by atoms with Gasteiger partial charge < -0.3 is 5.32 Å². The van der Waals surface area contributed by atoms with Gasteiger partial charge in [0.25, 0.3) is 0 Å². The topological polar surface area (TPSA) is 12.0 Å². The van der Waals surface area contributed by atoms with E-state index in [9.17, 15) is 0 Å². The Bertz CT molecular complexity index is 364. The van der Waals surface area contributed by atoms with E-state index in [-0.39, 0.29) is 0 Å². The van der Waals surface area contributed by atoms with Gasteiger partial charge in [0, 0.05) is 17.5 Å². The SMILES string of the molecule is C#CCCCC(Cc1ccc(Cl)cc1)NCCC. The van der Waals surface area contributed by atoms with Gasteiger partial charge in [-0.3, -0.25) is 0 Å². The fourth-order valence-corrected chi connectivity index (χ4v) is 2.11. The molecule has 0 fully saturated rings. The molecule has 1 N–H and O–H groups in total. The highest BCUT2D eigenvalue weighted by Gasteiger charge is 2.08. The van der Waals surface area contributed by atoms with Gasteiger partial charge in [0.15, 0.2) is 0 Å². The molecule has 0 bridgehead atoms. The Hall–Kier alpha value is -0.970. The first-order valence-corrected chi connectivity index (χ1v) is 7.05. The molecule has 0 radical (unpaired) electrons. The van der Waals surface area contributed by atoms with Crippen molar-refractivity contribution in [3.8, 4) is 12.3 Å². The second kappa shape index (κ2) is 9.03. The predicted octanol–water partition coefficient (Wildman–Crippen LogP) is 4.05. The minimum atomic E-state index is 0.513. The van der Waals surface area contributed by atoms with E-state index in [1.165, 1.54) is 5.56 Å². The maximum absolute atomic E-state index is 5.90. The van der Waals surface area contributed by atoms with E-state index in [1.807, 2.05) is 12.1 Å². The molecule has 0 aromatic heterocycles. The van der Waals surface area contributed by atoms with Crippen molar-refractivity contribution in [2.24, 2.45) is 0 Å². The number of benzene rings is 1. The number of nitrogens with one attached hydrogen (secondary N) is 1. The second-order valence-corrected chi connectivity index (χ2v) is 5.01. The smallest absolute Gasteiger partial charge is 0.0406 e. The summed E-state index contributed by atoms with van der Waals surface area (Å²) in [5.41, 5.74) is 1.33. The van der Waals surface area contributed by atoms with Crippen molar-refractivity contribution < 1.29 is 0 Å². The van der Waals surface area contributed by atoms with Crippen molar-refractivity contribution in [3.63, 3.8) is 0 Å². The lowest BCUT2D eigenvalue weighted by Crippen LogP contribution is -2.31. The summed E-state index contributed by atoms with van der Waals surface area (Å²) in [6.07, 6.45) is 10.6. The highest BCUT2D eigenvalue weighted by molar-refractivity contribution is 6.30. The molecular formula is C16H22ClN. The minimum absolute atomic E-state index is 0.513. The summed E-state index contributed by atoms with van der Waals surface area (Å²) >= 11 is 5.90. The summed E-state index contributed by atoms with van der Waals surface area (Å²) in [6.45, 7) is 3.25. The summed E-state index contributed by atoms with van der Waals surface area (Å²) < 4.78 is 0. The van der Waals surface area contributed by atoms with Crippen LogP contribution in [0.15, 0.2) is 24.3 Å². The first-order valence-electron chi connectivity index (χ1n) is 6.67. The van der Waals surface area contributed by atoms with Gasteiger partial charge in [-0.25, -0.2) is 0 Å². The highest BCUT2D eigenvalue weighted by atomic mass is 35.5. The molecule has 1 atom stereocenters. The average molecular weight is 264 g/mol. The van der Waals surface area contributed by atoms with Crippen molar-refractivity contribution in [2.75, 3.05) is 6.54 Å². The number of hydrogen-bond acceptors (Lipinski definition) is 1. The number of halogens is 1. The zero-order valence-electron chi connectivity index (χ0n) is 11.1. The van der Waals surface area contributed by atoms with E-state index in [0.29, 0.717) is 6.04 Å². The fraction of sp³-hybridized carbons (Fsp3) is 0.500. The van der Waals surface area contributed by atoms with E-state index < -0.39 is 0 Å². The van der Waals surface area contributed by atoms with Crippen LogP contribution >= 0.6 is 11.6 Å². The van der Waals surface area contributed by atoms with Crippen LogP contribution in [0.25, 0.3) is 0 Å². The van der Waals surface area contributed by atoms with Crippen LogP contribution in [0.1, 0.15) is 38.2 Å². The van der Waals surface area contributed by atoms with Crippen molar-refractivity contribution in [1.82, 2.24) is 5.32 Å². The molecule has 0 heterocycles. The zero-order chi connectivity index (χ0) is 13.2. The van der Waals surface area contributed by atoms with Gasteiger partial charge >= 0.3 is 0 Å². The highest BCUT2D eigenvalue weighted by Crippen LogP contribution is 2.13. The Morgan fingerprint density at radius 2 is 2.06 bits per heavy atom. The van der Waals surface area contributed by atoms with E-state index in [1.54, 1.807) is 0 Å². The number of terminal acetylenes is 1. The monoisotopic (exact) mass is 263 g/mol. The summed E-state index contributed by atoms with van der Waals surface area (Å²) in [7, 11) is 0. The summed E-state index contributed by atoms with van der Waals surface area (Å²) in [5.74, 6) is 2.71. The maximum atomic E-state index is 5.90. The van der Waals surface area contributed by atoms with Crippen LogP contribution in [0.4, 0.5) is 0 Å². The molecule has 1 nitrogen and oxygen atoms in total. The van der Waals surface area contributed by atoms with E-state index in [4.69, 9.17) is 18.0 Å². The Labute approximate surface area is 116 Å². The minimum Gasteiger partial charge on any atom is -0.314 e. The number of rotatable bonds is 8. The zero-order valence-corrected chi connectivity index (χ0v) is 11.8. The molecule has 0 saturated carbocycles. The van der Waals surface area contributed by atoms with Crippen LogP contribution < -0.4 is 5.32 Å². The van der Waals surface area contributed by atoms with Crippen LogP contribution in [0.5, 0.6) is 0 Å². The number of hydrogen-bond donors (Lipinski definition) is 1. The molecule has 1 aromatic rings. The van der Waals surface area contributed by atoms with E-state index >= 15 is 0 Å². The van der Waals surface area contributed by atoms with Crippen LogP contribution in [0.3, 0.4) is 0 Å². The molecule has 0 aliphatic heterocycles. The quantitative estimate of drug-likeness (QED) is 0.551. The third-order valence-corrected chi connectivity index (χ3v) is 3.20.